The van der Waals surface area contributed by atoms with Gasteiger partial charge in [-0.05, 0) is 25.0 Å². The molecule has 7 heteroatoms. The Labute approximate surface area is 153 Å². The predicted octanol–water partition coefficient (Wildman–Crippen LogP) is 6.06. The van der Waals surface area contributed by atoms with Crippen molar-refractivity contribution >= 4 is 42.9 Å². The third-order valence-corrected chi connectivity index (χ3v) is 5.22. The molecule has 132 valence electrons. The van der Waals surface area contributed by atoms with E-state index in [1.165, 1.54) is 0 Å². The van der Waals surface area contributed by atoms with Crippen LogP contribution in [-0.2, 0) is 9.05 Å². The summed E-state index contributed by atoms with van der Waals surface area (Å²) < 4.78 is 27.1. The minimum atomic E-state index is -3.32. The summed E-state index contributed by atoms with van der Waals surface area (Å²) in [6.45, 7) is 0.633. The summed E-state index contributed by atoms with van der Waals surface area (Å²) in [7, 11) is 1.83. The number of ether oxygens (including phenoxy) is 1. The zero-order valence-electron chi connectivity index (χ0n) is 13.1. The maximum atomic E-state index is 10.7. The Balaban J connectivity index is 1.95. The molecule has 0 atom stereocenters. The molecule has 0 aromatic heterocycles. The van der Waals surface area contributed by atoms with E-state index in [1.807, 2.05) is 0 Å². The second-order valence-corrected chi connectivity index (χ2v) is 9.23. The number of hydrogen-bond acceptors (Lipinski definition) is 3. The third kappa shape index (κ3) is 11.1. The highest BCUT2D eigenvalue weighted by atomic mass is 35.7. The Kier molecular flexibility index (Phi) is 10.4. The fraction of sp³-hybridized carbons (Fsp3) is 0.625. The topological polar surface area (TPSA) is 43.4 Å². The molecule has 0 heterocycles. The molecule has 0 N–H and O–H groups in total. The molecule has 0 bridgehead atoms. The number of halogens is 3. The Hall–Kier alpha value is -0.160. The van der Waals surface area contributed by atoms with Gasteiger partial charge in [-0.3, -0.25) is 0 Å². The van der Waals surface area contributed by atoms with Crippen molar-refractivity contribution in [3.05, 3.63) is 28.2 Å². The van der Waals surface area contributed by atoms with Crippen LogP contribution in [0.15, 0.2) is 18.2 Å². The zero-order valence-corrected chi connectivity index (χ0v) is 16.2. The highest BCUT2D eigenvalue weighted by Gasteiger charge is 2.04. The average molecular weight is 402 g/mol. The molecule has 0 spiro atoms. The summed E-state index contributed by atoms with van der Waals surface area (Å²) in [6, 6.07) is 5.19. The Morgan fingerprint density at radius 1 is 0.870 bits per heavy atom. The van der Waals surface area contributed by atoms with Crippen LogP contribution in [0.4, 0.5) is 0 Å². The number of benzene rings is 1. The van der Waals surface area contributed by atoms with Crippen LogP contribution in [0.2, 0.25) is 10.0 Å². The zero-order chi connectivity index (χ0) is 17.1. The fourth-order valence-electron chi connectivity index (χ4n) is 2.21. The van der Waals surface area contributed by atoms with E-state index in [2.05, 4.69) is 0 Å². The van der Waals surface area contributed by atoms with Gasteiger partial charge in [0.05, 0.1) is 17.4 Å². The SMILES string of the molecule is O=S(=O)(Cl)CCCCCCCCCCOc1cc(Cl)ccc1Cl. The van der Waals surface area contributed by atoms with Gasteiger partial charge in [-0.2, -0.15) is 0 Å². The molecule has 0 aliphatic carbocycles. The van der Waals surface area contributed by atoms with Crippen molar-refractivity contribution in [1.82, 2.24) is 0 Å². The Bertz CT molecular complexity index is 562. The van der Waals surface area contributed by atoms with Crippen molar-refractivity contribution in [1.29, 1.82) is 0 Å². The number of hydrogen-bond donors (Lipinski definition) is 0. The standard InChI is InChI=1S/C16H23Cl3O3S/c17-14-9-10-15(18)16(13-14)22-11-7-5-3-1-2-4-6-8-12-23(19,20)21/h9-10,13H,1-8,11-12H2. The molecule has 1 rings (SSSR count). The summed E-state index contributed by atoms with van der Waals surface area (Å²) in [6.07, 6.45) is 8.15. The van der Waals surface area contributed by atoms with E-state index in [-0.39, 0.29) is 5.75 Å². The van der Waals surface area contributed by atoms with Crippen molar-refractivity contribution in [2.75, 3.05) is 12.4 Å². The second kappa shape index (κ2) is 11.4. The smallest absolute Gasteiger partial charge is 0.232 e. The lowest BCUT2D eigenvalue weighted by atomic mass is 10.1. The van der Waals surface area contributed by atoms with Crippen molar-refractivity contribution in [3.8, 4) is 5.75 Å². The van der Waals surface area contributed by atoms with Crippen LogP contribution in [0.3, 0.4) is 0 Å². The number of rotatable bonds is 12. The van der Waals surface area contributed by atoms with Gasteiger partial charge in [0.1, 0.15) is 5.75 Å². The monoisotopic (exact) mass is 400 g/mol. The van der Waals surface area contributed by atoms with Gasteiger partial charge in [-0.15, -0.1) is 0 Å². The van der Waals surface area contributed by atoms with Gasteiger partial charge < -0.3 is 4.74 Å². The largest absolute Gasteiger partial charge is 0.492 e. The maximum Gasteiger partial charge on any atom is 0.232 e. The molecule has 0 fully saturated rings. The molecule has 0 aliphatic heterocycles. The van der Waals surface area contributed by atoms with Gasteiger partial charge in [0.2, 0.25) is 9.05 Å². The second-order valence-electron chi connectivity index (χ2n) is 5.49. The minimum absolute atomic E-state index is 0.0813. The highest BCUT2D eigenvalue weighted by Crippen LogP contribution is 2.27. The van der Waals surface area contributed by atoms with E-state index in [1.54, 1.807) is 18.2 Å². The lowest BCUT2D eigenvalue weighted by molar-refractivity contribution is 0.304. The Morgan fingerprint density at radius 2 is 1.43 bits per heavy atom. The van der Waals surface area contributed by atoms with E-state index < -0.39 is 9.05 Å². The van der Waals surface area contributed by atoms with Gasteiger partial charge >= 0.3 is 0 Å². The normalized spacial score (nSPS) is 11.6. The van der Waals surface area contributed by atoms with Crippen molar-refractivity contribution < 1.29 is 13.2 Å². The minimum Gasteiger partial charge on any atom is -0.492 e. The lowest BCUT2D eigenvalue weighted by Crippen LogP contribution is -1.98. The van der Waals surface area contributed by atoms with Gasteiger partial charge in [0.15, 0.2) is 0 Å². The molecule has 0 aliphatic rings. The van der Waals surface area contributed by atoms with Crippen molar-refractivity contribution in [2.45, 2.75) is 51.4 Å². The van der Waals surface area contributed by atoms with Gasteiger partial charge in [0, 0.05) is 21.8 Å². The van der Waals surface area contributed by atoms with Crippen LogP contribution in [0.5, 0.6) is 5.75 Å². The van der Waals surface area contributed by atoms with Crippen molar-refractivity contribution in [2.24, 2.45) is 0 Å². The molecule has 0 radical (unpaired) electrons. The highest BCUT2D eigenvalue weighted by molar-refractivity contribution is 8.13. The van der Waals surface area contributed by atoms with Gasteiger partial charge in [-0.1, -0.05) is 61.7 Å². The first kappa shape index (κ1) is 20.9. The molecule has 0 unspecified atom stereocenters. The van der Waals surface area contributed by atoms with Crippen LogP contribution in [0.1, 0.15) is 51.4 Å². The molecule has 0 saturated carbocycles. The molecule has 0 amide bonds. The van der Waals surface area contributed by atoms with E-state index in [4.69, 9.17) is 38.6 Å². The quantitative estimate of drug-likeness (QED) is 0.316. The molecule has 3 nitrogen and oxygen atoms in total. The maximum absolute atomic E-state index is 10.7. The summed E-state index contributed by atoms with van der Waals surface area (Å²) in [5, 5.41) is 1.19. The molecular weight excluding hydrogens is 379 g/mol. The van der Waals surface area contributed by atoms with Crippen LogP contribution in [0.25, 0.3) is 0 Å². The third-order valence-electron chi connectivity index (χ3n) is 3.43. The molecular formula is C16H23Cl3O3S. The summed E-state index contributed by atoms with van der Waals surface area (Å²) in [5.41, 5.74) is 0. The molecule has 0 saturated heterocycles. The average Bonchev–Trinajstić information content (AvgIpc) is 2.47. The first-order valence-electron chi connectivity index (χ1n) is 7.89. The molecule has 23 heavy (non-hydrogen) atoms. The van der Waals surface area contributed by atoms with E-state index in [0.717, 1.165) is 44.9 Å². The lowest BCUT2D eigenvalue weighted by Gasteiger charge is -2.08. The predicted molar refractivity (Wildman–Crippen MR) is 98.5 cm³/mol. The van der Waals surface area contributed by atoms with E-state index >= 15 is 0 Å². The van der Waals surface area contributed by atoms with Crippen LogP contribution in [0, 0.1) is 0 Å². The molecule has 1 aromatic rings. The summed E-state index contributed by atoms with van der Waals surface area (Å²) in [4.78, 5) is 0. The van der Waals surface area contributed by atoms with Gasteiger partial charge in [0.25, 0.3) is 0 Å². The van der Waals surface area contributed by atoms with Crippen LogP contribution < -0.4 is 4.74 Å². The first-order chi connectivity index (χ1) is 10.9. The Morgan fingerprint density at radius 3 is 2.04 bits per heavy atom. The molecule has 1 aromatic carbocycles. The van der Waals surface area contributed by atoms with Crippen LogP contribution >= 0.6 is 33.9 Å². The summed E-state index contributed by atoms with van der Waals surface area (Å²) >= 11 is 11.9. The van der Waals surface area contributed by atoms with Gasteiger partial charge in [-0.25, -0.2) is 8.42 Å². The van der Waals surface area contributed by atoms with E-state index in [0.29, 0.717) is 28.8 Å². The van der Waals surface area contributed by atoms with Crippen LogP contribution in [-0.4, -0.2) is 20.8 Å². The van der Waals surface area contributed by atoms with E-state index in [9.17, 15) is 8.42 Å². The fourth-order valence-corrected chi connectivity index (χ4v) is 3.42. The first-order valence-corrected chi connectivity index (χ1v) is 11.1. The summed E-state index contributed by atoms with van der Waals surface area (Å²) in [5.74, 6) is 0.714. The number of unbranched alkanes of at least 4 members (excludes halogenated alkanes) is 7. The van der Waals surface area contributed by atoms with Crippen molar-refractivity contribution in [3.63, 3.8) is 0 Å².